The van der Waals surface area contributed by atoms with Crippen LogP contribution in [-0.4, -0.2) is 87.1 Å². The van der Waals surface area contributed by atoms with Crippen molar-refractivity contribution < 1.29 is 56.5 Å². The summed E-state index contributed by atoms with van der Waals surface area (Å²) in [5.74, 6) is 3.40. The van der Waals surface area contributed by atoms with Gasteiger partial charge in [-0.3, -0.25) is 9.36 Å². The molecule has 0 saturated carbocycles. The van der Waals surface area contributed by atoms with Gasteiger partial charge in [-0.2, -0.15) is 18.2 Å². The van der Waals surface area contributed by atoms with Gasteiger partial charge in [0.15, 0.2) is 0 Å². The second-order valence-electron chi connectivity index (χ2n) is 6.94. The Morgan fingerprint density at radius 1 is 1.28 bits per heavy atom. The van der Waals surface area contributed by atoms with Gasteiger partial charge in [0.1, 0.15) is 18.7 Å². The SMILES string of the molecule is Nc1nc(=O)n([C@H]2CC[C@@H](CO)O2)cc1C#CCOCCOCCNC(=O)C(F)(F)F.O=P(O)(O)O. The summed E-state index contributed by atoms with van der Waals surface area (Å²) < 4.78 is 61.9. The lowest BCUT2D eigenvalue weighted by molar-refractivity contribution is -0.173. The lowest BCUT2D eigenvalue weighted by atomic mass is 10.2. The molecule has 2 atom stereocenters. The predicted octanol–water partition coefficient (Wildman–Crippen LogP) is -1.37. The quantitative estimate of drug-likeness (QED) is 0.120. The molecular formula is C18H26F3N4O10P. The van der Waals surface area contributed by atoms with E-state index in [1.165, 1.54) is 10.8 Å². The number of aromatic nitrogens is 2. The van der Waals surface area contributed by atoms with Gasteiger partial charge in [0, 0.05) is 12.7 Å². The summed E-state index contributed by atoms with van der Waals surface area (Å²) in [5.41, 5.74) is 5.47. The molecule has 14 nitrogen and oxygen atoms in total. The van der Waals surface area contributed by atoms with E-state index in [-0.39, 0.29) is 51.5 Å². The molecular weight excluding hydrogens is 520 g/mol. The number of hydrogen-bond acceptors (Lipinski definition) is 9. The minimum Gasteiger partial charge on any atom is -0.394 e. The highest BCUT2D eigenvalue weighted by molar-refractivity contribution is 7.45. The topological polar surface area (TPSA) is 216 Å². The molecule has 1 aromatic rings. The molecule has 0 aliphatic carbocycles. The first-order chi connectivity index (χ1) is 16.7. The summed E-state index contributed by atoms with van der Waals surface area (Å²) in [6, 6.07) is 0. The highest BCUT2D eigenvalue weighted by Gasteiger charge is 2.38. The second-order valence-corrected chi connectivity index (χ2v) is 7.96. The zero-order valence-electron chi connectivity index (χ0n) is 18.7. The third-order valence-electron chi connectivity index (χ3n) is 4.14. The van der Waals surface area contributed by atoms with Crippen LogP contribution in [0, 0.1) is 11.8 Å². The standard InChI is InChI=1S/C18H23F3N4O6.H3O4P/c19-18(20,21)16(27)23-5-7-30-9-8-29-6-1-2-12-10-25(17(28)24-15(12)22)14-4-3-13(11-26)31-14;1-5(2,3)4/h10,13-14,26H,3-9,11H2,(H,23,27)(H2,22,24,28);(H3,1,2,3,4)/t13-,14+;/m0./s1. The zero-order chi connectivity index (χ0) is 27.4. The molecule has 0 aromatic carbocycles. The number of carbonyl (C=O) groups is 1. The lowest BCUT2D eigenvalue weighted by Gasteiger charge is -2.15. The molecule has 204 valence electrons. The molecule has 1 fully saturated rings. The zero-order valence-corrected chi connectivity index (χ0v) is 19.6. The van der Waals surface area contributed by atoms with E-state index in [2.05, 4.69) is 16.8 Å². The molecule has 2 heterocycles. The second kappa shape index (κ2) is 14.9. The molecule has 7 N–H and O–H groups in total. The fraction of sp³-hybridized carbons (Fsp3) is 0.611. The number of nitrogens with two attached hydrogens (primary N) is 1. The van der Waals surface area contributed by atoms with Crippen LogP contribution in [0.4, 0.5) is 19.0 Å². The maximum atomic E-state index is 12.0. The molecule has 1 saturated heterocycles. The number of halogens is 3. The Balaban J connectivity index is 0.00000118. The van der Waals surface area contributed by atoms with E-state index in [1.807, 2.05) is 0 Å². The Kier molecular flexibility index (Phi) is 13.0. The monoisotopic (exact) mass is 546 g/mol. The number of anilines is 1. The first-order valence-corrected chi connectivity index (χ1v) is 11.7. The summed E-state index contributed by atoms with van der Waals surface area (Å²) in [7, 11) is -4.64. The van der Waals surface area contributed by atoms with E-state index >= 15 is 0 Å². The average Bonchev–Trinajstić information content (AvgIpc) is 3.23. The van der Waals surface area contributed by atoms with Gasteiger partial charge in [-0.25, -0.2) is 9.36 Å². The van der Waals surface area contributed by atoms with Crippen molar-refractivity contribution in [3.8, 4) is 11.8 Å². The van der Waals surface area contributed by atoms with Crippen LogP contribution in [-0.2, 0) is 23.6 Å². The van der Waals surface area contributed by atoms with Crippen LogP contribution in [0.3, 0.4) is 0 Å². The van der Waals surface area contributed by atoms with Crippen LogP contribution in [0.15, 0.2) is 11.0 Å². The Labute approximate surface area is 202 Å². The molecule has 1 aromatic heterocycles. The van der Waals surface area contributed by atoms with E-state index in [4.69, 9.17) is 44.3 Å². The normalized spacial score (nSPS) is 17.5. The van der Waals surface area contributed by atoms with Crippen molar-refractivity contribution >= 4 is 19.5 Å². The van der Waals surface area contributed by atoms with Crippen molar-refractivity contribution in [2.45, 2.75) is 31.3 Å². The number of aliphatic hydroxyl groups is 1. The van der Waals surface area contributed by atoms with Crippen LogP contribution in [0.1, 0.15) is 24.6 Å². The van der Waals surface area contributed by atoms with Crippen LogP contribution in [0.5, 0.6) is 0 Å². The smallest absolute Gasteiger partial charge is 0.394 e. The summed E-state index contributed by atoms with van der Waals surface area (Å²) in [4.78, 5) is 47.9. The predicted molar refractivity (Wildman–Crippen MR) is 115 cm³/mol. The van der Waals surface area contributed by atoms with Crippen molar-refractivity contribution in [1.82, 2.24) is 14.9 Å². The Morgan fingerprint density at radius 3 is 2.50 bits per heavy atom. The van der Waals surface area contributed by atoms with Gasteiger partial charge in [-0.15, -0.1) is 0 Å². The summed E-state index contributed by atoms with van der Waals surface area (Å²) in [6.45, 7) is -0.259. The van der Waals surface area contributed by atoms with Crippen molar-refractivity contribution in [3.05, 3.63) is 22.2 Å². The first-order valence-electron chi connectivity index (χ1n) is 10.1. The highest BCUT2D eigenvalue weighted by Crippen LogP contribution is 2.27. The van der Waals surface area contributed by atoms with Crippen LogP contribution in [0.25, 0.3) is 0 Å². The number of hydrogen-bond donors (Lipinski definition) is 6. The van der Waals surface area contributed by atoms with E-state index in [0.717, 1.165) is 0 Å². The van der Waals surface area contributed by atoms with E-state index in [9.17, 15) is 22.8 Å². The minimum absolute atomic E-state index is 0.0131. The average molecular weight is 546 g/mol. The van der Waals surface area contributed by atoms with Crippen molar-refractivity contribution in [3.63, 3.8) is 0 Å². The van der Waals surface area contributed by atoms with Crippen LogP contribution in [0.2, 0.25) is 0 Å². The molecule has 0 spiro atoms. The number of carbonyl (C=O) groups excluding carboxylic acids is 1. The maximum Gasteiger partial charge on any atom is 0.471 e. The third-order valence-corrected chi connectivity index (χ3v) is 4.14. The number of alkyl halides is 3. The molecule has 1 aliphatic heterocycles. The van der Waals surface area contributed by atoms with Gasteiger partial charge >= 0.3 is 25.6 Å². The number of aliphatic hydroxyl groups excluding tert-OH is 1. The molecule has 0 bridgehead atoms. The number of nitrogens with one attached hydrogen (secondary N) is 1. The summed E-state index contributed by atoms with van der Waals surface area (Å²) in [5, 5.41) is 10.8. The fourth-order valence-corrected chi connectivity index (χ4v) is 2.62. The van der Waals surface area contributed by atoms with E-state index in [0.29, 0.717) is 18.4 Å². The molecule has 2 rings (SSSR count). The Bertz CT molecular complexity index is 1010. The van der Waals surface area contributed by atoms with Gasteiger partial charge in [-0.05, 0) is 12.8 Å². The van der Waals surface area contributed by atoms with Gasteiger partial charge in [0.2, 0.25) is 0 Å². The van der Waals surface area contributed by atoms with Gasteiger partial charge < -0.3 is 45.0 Å². The number of rotatable bonds is 9. The summed E-state index contributed by atoms with van der Waals surface area (Å²) >= 11 is 0. The van der Waals surface area contributed by atoms with E-state index < -0.39 is 31.8 Å². The minimum atomic E-state index is -4.92. The molecule has 0 radical (unpaired) electrons. The largest absolute Gasteiger partial charge is 0.471 e. The Morgan fingerprint density at radius 2 is 1.92 bits per heavy atom. The highest BCUT2D eigenvalue weighted by atomic mass is 31.2. The van der Waals surface area contributed by atoms with Gasteiger partial charge in [0.05, 0.1) is 38.1 Å². The number of ether oxygens (including phenoxy) is 3. The Hall–Kier alpha value is -2.55. The molecule has 1 amide bonds. The third kappa shape index (κ3) is 13.0. The number of phosphoric acid groups is 1. The maximum absolute atomic E-state index is 12.0. The lowest BCUT2D eigenvalue weighted by Crippen LogP contribution is -2.38. The van der Waals surface area contributed by atoms with Crippen LogP contribution < -0.4 is 16.7 Å². The number of nitrogen functional groups attached to an aromatic ring is 1. The van der Waals surface area contributed by atoms with Crippen molar-refractivity contribution in [2.24, 2.45) is 0 Å². The molecule has 18 heteroatoms. The fourth-order valence-electron chi connectivity index (χ4n) is 2.62. The molecule has 1 aliphatic rings. The van der Waals surface area contributed by atoms with Crippen molar-refractivity contribution in [1.29, 1.82) is 0 Å². The van der Waals surface area contributed by atoms with E-state index in [1.54, 1.807) is 5.32 Å². The van der Waals surface area contributed by atoms with Crippen LogP contribution >= 0.6 is 7.82 Å². The number of amides is 1. The number of nitrogens with zero attached hydrogens (tertiary/aromatic N) is 2. The summed E-state index contributed by atoms with van der Waals surface area (Å²) in [6.07, 6.45) is -3.19. The van der Waals surface area contributed by atoms with Gasteiger partial charge in [0.25, 0.3) is 0 Å². The molecule has 0 unspecified atom stereocenters. The first kappa shape index (κ1) is 31.5. The van der Waals surface area contributed by atoms with Crippen molar-refractivity contribution in [2.75, 3.05) is 45.3 Å². The van der Waals surface area contributed by atoms with Gasteiger partial charge in [-0.1, -0.05) is 11.8 Å². The molecule has 36 heavy (non-hydrogen) atoms.